The first kappa shape index (κ1) is 28.7. The molecule has 3 rings (SSSR count). The SMILES string of the molecule is CC/C(=C(\c1ccc(O)cc1)c1ccc(OCCNC/C=C/C(=O)N(C)C)cc1)c1ccc(C(C)C)cc1. The van der Waals surface area contributed by atoms with Crippen molar-refractivity contribution in [2.75, 3.05) is 33.8 Å². The number of likely N-dealkylation sites (N-methyl/N-ethyl adjacent to an activating group) is 1. The molecule has 2 N–H and O–H groups in total. The van der Waals surface area contributed by atoms with Crippen LogP contribution in [0.25, 0.3) is 11.1 Å². The summed E-state index contributed by atoms with van der Waals surface area (Å²) in [6, 6.07) is 24.5. The highest BCUT2D eigenvalue weighted by molar-refractivity contribution is 5.98. The van der Waals surface area contributed by atoms with Gasteiger partial charge in [0, 0.05) is 33.3 Å². The molecule has 0 aliphatic carbocycles. The summed E-state index contributed by atoms with van der Waals surface area (Å²) >= 11 is 0. The molecule has 0 saturated carbocycles. The van der Waals surface area contributed by atoms with Gasteiger partial charge in [0.2, 0.25) is 5.91 Å². The minimum Gasteiger partial charge on any atom is -0.508 e. The molecule has 5 nitrogen and oxygen atoms in total. The van der Waals surface area contributed by atoms with Crippen molar-refractivity contribution in [3.05, 3.63) is 107 Å². The van der Waals surface area contributed by atoms with Crippen LogP contribution in [0.5, 0.6) is 11.5 Å². The molecule has 3 aromatic carbocycles. The van der Waals surface area contributed by atoms with Crippen LogP contribution in [0.2, 0.25) is 0 Å². The summed E-state index contributed by atoms with van der Waals surface area (Å²) in [4.78, 5) is 13.1. The second-order valence-corrected chi connectivity index (χ2v) is 9.74. The average Bonchev–Trinajstić information content (AvgIpc) is 2.92. The predicted molar refractivity (Wildman–Crippen MR) is 157 cm³/mol. The van der Waals surface area contributed by atoms with Crippen molar-refractivity contribution >= 4 is 17.1 Å². The van der Waals surface area contributed by atoms with E-state index in [1.165, 1.54) is 21.6 Å². The summed E-state index contributed by atoms with van der Waals surface area (Å²) in [6.45, 7) is 8.41. The van der Waals surface area contributed by atoms with Gasteiger partial charge in [0.25, 0.3) is 0 Å². The molecule has 0 saturated heterocycles. The van der Waals surface area contributed by atoms with Gasteiger partial charge in [-0.25, -0.2) is 0 Å². The third-order valence-electron chi connectivity index (χ3n) is 6.39. The van der Waals surface area contributed by atoms with Crippen LogP contribution in [-0.2, 0) is 4.79 Å². The van der Waals surface area contributed by atoms with E-state index in [1.807, 2.05) is 30.3 Å². The number of ether oxygens (including phenoxy) is 1. The largest absolute Gasteiger partial charge is 0.508 e. The Hall–Kier alpha value is -3.83. The number of nitrogens with zero attached hydrogens (tertiary/aromatic N) is 1. The van der Waals surface area contributed by atoms with E-state index in [-0.39, 0.29) is 11.7 Å². The number of carbonyl (C=O) groups excluding carboxylic acids is 1. The molecule has 5 heteroatoms. The number of rotatable bonds is 12. The van der Waals surface area contributed by atoms with E-state index in [0.29, 0.717) is 25.6 Å². The molecule has 0 bridgehead atoms. The summed E-state index contributed by atoms with van der Waals surface area (Å²) < 4.78 is 5.92. The average molecular weight is 513 g/mol. The number of hydrogen-bond acceptors (Lipinski definition) is 4. The molecule has 200 valence electrons. The maximum absolute atomic E-state index is 11.5. The molecule has 0 aliphatic heterocycles. The van der Waals surface area contributed by atoms with Gasteiger partial charge in [-0.2, -0.15) is 0 Å². The third kappa shape index (κ3) is 8.09. The summed E-state index contributed by atoms with van der Waals surface area (Å²) in [5, 5.41) is 13.1. The van der Waals surface area contributed by atoms with Gasteiger partial charge in [-0.3, -0.25) is 4.79 Å². The minimum atomic E-state index is -0.0253. The van der Waals surface area contributed by atoms with E-state index in [0.717, 1.165) is 28.9 Å². The van der Waals surface area contributed by atoms with Gasteiger partial charge in [-0.15, -0.1) is 0 Å². The van der Waals surface area contributed by atoms with E-state index in [9.17, 15) is 9.90 Å². The second-order valence-electron chi connectivity index (χ2n) is 9.74. The maximum Gasteiger partial charge on any atom is 0.245 e. The lowest BCUT2D eigenvalue weighted by molar-refractivity contribution is -0.123. The van der Waals surface area contributed by atoms with Crippen molar-refractivity contribution in [3.63, 3.8) is 0 Å². The monoisotopic (exact) mass is 512 g/mol. The fourth-order valence-electron chi connectivity index (χ4n) is 4.19. The van der Waals surface area contributed by atoms with Crippen LogP contribution in [0.1, 0.15) is 55.4 Å². The van der Waals surface area contributed by atoms with Crippen LogP contribution >= 0.6 is 0 Å². The summed E-state index contributed by atoms with van der Waals surface area (Å²) in [5.74, 6) is 1.52. The lowest BCUT2D eigenvalue weighted by Gasteiger charge is -2.18. The maximum atomic E-state index is 11.5. The van der Waals surface area contributed by atoms with E-state index in [1.54, 1.807) is 32.3 Å². The number of allylic oxidation sites excluding steroid dienone is 1. The number of phenols is 1. The van der Waals surface area contributed by atoms with Crippen LogP contribution in [0.3, 0.4) is 0 Å². The zero-order valence-corrected chi connectivity index (χ0v) is 23.2. The van der Waals surface area contributed by atoms with Crippen molar-refractivity contribution in [3.8, 4) is 11.5 Å². The molecule has 0 unspecified atom stereocenters. The Morgan fingerprint density at radius 2 is 1.50 bits per heavy atom. The molecule has 3 aromatic rings. The first-order valence-corrected chi connectivity index (χ1v) is 13.2. The minimum absolute atomic E-state index is 0.0253. The molecule has 1 amide bonds. The highest BCUT2D eigenvalue weighted by atomic mass is 16.5. The van der Waals surface area contributed by atoms with Gasteiger partial charge in [-0.1, -0.05) is 75.4 Å². The quantitative estimate of drug-likeness (QED) is 0.165. The molecule has 38 heavy (non-hydrogen) atoms. The Bertz CT molecular complexity index is 1220. The van der Waals surface area contributed by atoms with Gasteiger partial charge in [0.05, 0.1) is 0 Å². The van der Waals surface area contributed by atoms with Crippen molar-refractivity contribution in [2.24, 2.45) is 0 Å². The molecule has 0 aromatic heterocycles. The zero-order chi connectivity index (χ0) is 27.5. The van der Waals surface area contributed by atoms with Crippen LogP contribution in [0.4, 0.5) is 0 Å². The molecule has 0 radical (unpaired) electrons. The molecule has 0 spiro atoms. The third-order valence-corrected chi connectivity index (χ3v) is 6.39. The Labute approximate surface area is 227 Å². The number of benzene rings is 3. The van der Waals surface area contributed by atoms with Crippen molar-refractivity contribution < 1.29 is 14.6 Å². The summed E-state index contributed by atoms with van der Waals surface area (Å²) in [5.41, 5.74) is 7.09. The summed E-state index contributed by atoms with van der Waals surface area (Å²) in [6.07, 6.45) is 4.25. The molecule has 0 heterocycles. The molecule has 0 atom stereocenters. The van der Waals surface area contributed by atoms with Crippen LogP contribution in [0, 0.1) is 0 Å². The van der Waals surface area contributed by atoms with E-state index < -0.39 is 0 Å². The standard InChI is InChI=1S/C33H40N2O3/c1-6-31(26-11-9-25(10-12-26)24(2)3)33(27-13-17-29(36)18-14-27)28-15-19-30(20-16-28)38-23-22-34-21-7-8-32(37)35(4)5/h7-20,24,34,36H,6,21-23H2,1-5H3/b8-7+,33-31-. The number of nitrogens with one attached hydrogen (secondary N) is 1. The Kier molecular flexibility index (Phi) is 10.7. The fraction of sp³-hybridized carbons (Fsp3) is 0.303. The van der Waals surface area contributed by atoms with Gasteiger partial charge in [-0.05, 0) is 70.0 Å². The Balaban J connectivity index is 1.77. The van der Waals surface area contributed by atoms with Crippen LogP contribution < -0.4 is 10.1 Å². The summed E-state index contributed by atoms with van der Waals surface area (Å²) in [7, 11) is 3.46. The second kappa shape index (κ2) is 14.2. The van der Waals surface area contributed by atoms with Gasteiger partial charge in [0.15, 0.2) is 0 Å². The highest BCUT2D eigenvalue weighted by Gasteiger charge is 2.14. The Morgan fingerprint density at radius 3 is 2.05 bits per heavy atom. The number of phenolic OH excluding ortho intramolecular Hbond substituents is 1. The Morgan fingerprint density at radius 1 is 0.921 bits per heavy atom. The van der Waals surface area contributed by atoms with Crippen LogP contribution in [-0.4, -0.2) is 49.7 Å². The van der Waals surface area contributed by atoms with Crippen molar-refractivity contribution in [2.45, 2.75) is 33.1 Å². The van der Waals surface area contributed by atoms with E-state index in [2.05, 4.69) is 62.5 Å². The van der Waals surface area contributed by atoms with Gasteiger partial charge >= 0.3 is 0 Å². The fourth-order valence-corrected chi connectivity index (χ4v) is 4.19. The highest BCUT2D eigenvalue weighted by Crippen LogP contribution is 2.36. The lowest BCUT2D eigenvalue weighted by atomic mass is 9.87. The molecular formula is C33H40N2O3. The topological polar surface area (TPSA) is 61.8 Å². The first-order valence-electron chi connectivity index (χ1n) is 13.2. The smallest absolute Gasteiger partial charge is 0.245 e. The first-order chi connectivity index (χ1) is 18.3. The number of hydrogen-bond donors (Lipinski definition) is 2. The number of aromatic hydroxyl groups is 1. The van der Waals surface area contributed by atoms with E-state index >= 15 is 0 Å². The normalized spacial score (nSPS) is 12.1. The zero-order valence-electron chi connectivity index (χ0n) is 23.2. The van der Waals surface area contributed by atoms with Crippen LogP contribution in [0.15, 0.2) is 84.9 Å². The molecule has 0 fully saturated rings. The van der Waals surface area contributed by atoms with Gasteiger partial charge < -0.3 is 20.1 Å². The lowest BCUT2D eigenvalue weighted by Crippen LogP contribution is -2.22. The van der Waals surface area contributed by atoms with Crippen molar-refractivity contribution in [1.29, 1.82) is 0 Å². The molecular weight excluding hydrogens is 472 g/mol. The van der Waals surface area contributed by atoms with Gasteiger partial charge in [0.1, 0.15) is 18.1 Å². The number of amides is 1. The van der Waals surface area contributed by atoms with E-state index in [4.69, 9.17) is 4.74 Å². The van der Waals surface area contributed by atoms with Crippen molar-refractivity contribution in [1.82, 2.24) is 10.2 Å². The molecule has 0 aliphatic rings. The predicted octanol–water partition coefficient (Wildman–Crippen LogP) is 6.50. The number of carbonyl (C=O) groups is 1.